The second-order valence-corrected chi connectivity index (χ2v) is 7.94. The van der Waals surface area contributed by atoms with E-state index in [1.165, 1.54) is 12.1 Å². The van der Waals surface area contributed by atoms with Crippen LogP contribution in [0.3, 0.4) is 0 Å². The van der Waals surface area contributed by atoms with Crippen LogP contribution >= 0.6 is 11.6 Å². The van der Waals surface area contributed by atoms with Gasteiger partial charge in [-0.15, -0.1) is 0 Å². The topological polar surface area (TPSA) is 116 Å². The van der Waals surface area contributed by atoms with Crippen molar-refractivity contribution in [2.24, 2.45) is 5.10 Å². The summed E-state index contributed by atoms with van der Waals surface area (Å²) in [6.07, 6.45) is 3.20. The number of hydrogen-bond acceptors (Lipinski definition) is 9. The van der Waals surface area contributed by atoms with Crippen LogP contribution in [0.25, 0.3) is 11.3 Å². The number of hydrazone groups is 1. The average molecular weight is 510 g/mol. The van der Waals surface area contributed by atoms with Gasteiger partial charge in [-0.25, -0.2) is 9.82 Å². The number of anilines is 4. The summed E-state index contributed by atoms with van der Waals surface area (Å²) in [7, 11) is 1.57. The van der Waals surface area contributed by atoms with Crippen molar-refractivity contribution < 1.29 is 9.13 Å². The van der Waals surface area contributed by atoms with Crippen molar-refractivity contribution in [3.63, 3.8) is 0 Å². The lowest BCUT2D eigenvalue weighted by molar-refractivity contribution is 0.417. The molecule has 12 heteroatoms. The van der Waals surface area contributed by atoms with Crippen LogP contribution in [0, 0.1) is 5.82 Å². The number of aromatic nitrogens is 5. The van der Waals surface area contributed by atoms with E-state index < -0.39 is 0 Å². The van der Waals surface area contributed by atoms with Crippen molar-refractivity contribution in [2.75, 3.05) is 35.8 Å². The third-order valence-electron chi connectivity index (χ3n) is 5.25. The summed E-state index contributed by atoms with van der Waals surface area (Å²) in [5.41, 5.74) is 5.66. The number of ether oxygens (including phenoxy) is 1. The van der Waals surface area contributed by atoms with Crippen LogP contribution in [-0.2, 0) is 0 Å². The molecule has 3 N–H and O–H groups in total. The largest absolute Gasteiger partial charge is 0.495 e. The number of hydrogen-bond donors (Lipinski definition) is 3. The highest BCUT2D eigenvalue weighted by Gasteiger charge is 2.13. The van der Waals surface area contributed by atoms with Crippen LogP contribution < -0.4 is 20.4 Å². The van der Waals surface area contributed by atoms with Crippen LogP contribution in [0.15, 0.2) is 53.8 Å². The van der Waals surface area contributed by atoms with Gasteiger partial charge < -0.3 is 15.0 Å². The van der Waals surface area contributed by atoms with E-state index in [4.69, 9.17) is 16.3 Å². The first kappa shape index (κ1) is 24.9. The van der Waals surface area contributed by atoms with Crippen molar-refractivity contribution in [2.45, 2.75) is 13.8 Å². The van der Waals surface area contributed by atoms with Crippen molar-refractivity contribution in [3.05, 3.63) is 65.1 Å². The lowest BCUT2D eigenvalue weighted by atomic mass is 10.1. The Morgan fingerprint density at radius 1 is 1.08 bits per heavy atom. The molecule has 0 saturated carbocycles. The summed E-state index contributed by atoms with van der Waals surface area (Å²) in [4.78, 5) is 15.5. The maximum atomic E-state index is 13.3. The maximum Gasteiger partial charge on any atom is 0.250 e. The highest BCUT2D eigenvalue weighted by atomic mass is 35.5. The maximum absolute atomic E-state index is 13.3. The van der Waals surface area contributed by atoms with E-state index in [-0.39, 0.29) is 11.8 Å². The first-order valence-electron chi connectivity index (χ1n) is 11.2. The van der Waals surface area contributed by atoms with E-state index in [1.54, 1.807) is 49.9 Å². The molecule has 0 aliphatic carbocycles. The van der Waals surface area contributed by atoms with Gasteiger partial charge in [0.05, 0.1) is 30.9 Å². The van der Waals surface area contributed by atoms with Gasteiger partial charge in [0.25, 0.3) is 0 Å². The van der Waals surface area contributed by atoms with E-state index in [0.717, 1.165) is 5.56 Å². The quantitative estimate of drug-likeness (QED) is 0.200. The highest BCUT2D eigenvalue weighted by molar-refractivity contribution is 6.31. The Morgan fingerprint density at radius 2 is 1.83 bits per heavy atom. The lowest BCUT2D eigenvalue weighted by Gasteiger charge is -2.19. The zero-order valence-electron chi connectivity index (χ0n) is 20.0. The molecular weight excluding hydrogens is 485 g/mol. The van der Waals surface area contributed by atoms with Gasteiger partial charge in [-0.05, 0) is 56.3 Å². The number of nitrogens with one attached hydrogen (secondary N) is 3. The molecule has 0 saturated heterocycles. The number of rotatable bonds is 10. The Morgan fingerprint density at radius 3 is 2.56 bits per heavy atom. The van der Waals surface area contributed by atoms with Crippen LogP contribution in [0.2, 0.25) is 5.02 Å². The second-order valence-electron chi connectivity index (χ2n) is 7.50. The van der Waals surface area contributed by atoms with Crippen LogP contribution in [0.4, 0.5) is 27.9 Å². The zero-order chi connectivity index (χ0) is 25.5. The number of H-pyrrole nitrogens is 1. The van der Waals surface area contributed by atoms with Gasteiger partial charge in [0.1, 0.15) is 11.6 Å². The molecule has 36 heavy (non-hydrogen) atoms. The minimum atomic E-state index is -0.311. The molecule has 0 atom stereocenters. The van der Waals surface area contributed by atoms with Crippen LogP contribution in [0.5, 0.6) is 5.75 Å². The third-order valence-corrected chi connectivity index (χ3v) is 5.48. The van der Waals surface area contributed by atoms with Crippen molar-refractivity contribution in [1.29, 1.82) is 0 Å². The number of aromatic amines is 1. The third kappa shape index (κ3) is 5.87. The molecule has 0 spiro atoms. The fraction of sp³-hybridized carbons (Fsp3) is 0.208. The van der Waals surface area contributed by atoms with E-state index in [1.807, 2.05) is 18.7 Å². The summed E-state index contributed by atoms with van der Waals surface area (Å²) in [5, 5.41) is 15.0. The minimum Gasteiger partial charge on any atom is -0.495 e. The molecule has 0 unspecified atom stereocenters. The van der Waals surface area contributed by atoms with E-state index in [0.29, 0.717) is 52.7 Å². The van der Waals surface area contributed by atoms with Crippen molar-refractivity contribution in [1.82, 2.24) is 25.1 Å². The lowest BCUT2D eigenvalue weighted by Crippen LogP contribution is -2.25. The Bertz CT molecular complexity index is 1340. The first-order valence-corrected chi connectivity index (χ1v) is 11.6. The summed E-state index contributed by atoms with van der Waals surface area (Å²) in [6, 6.07) is 11.3. The molecule has 4 rings (SSSR count). The average Bonchev–Trinajstić information content (AvgIpc) is 3.34. The van der Waals surface area contributed by atoms with Crippen molar-refractivity contribution >= 4 is 41.3 Å². The summed E-state index contributed by atoms with van der Waals surface area (Å²) < 4.78 is 18.7. The fourth-order valence-corrected chi connectivity index (χ4v) is 3.59. The van der Waals surface area contributed by atoms with Gasteiger partial charge >= 0.3 is 0 Å². The van der Waals surface area contributed by atoms with Crippen molar-refractivity contribution in [3.8, 4) is 17.0 Å². The Kier molecular flexibility index (Phi) is 7.91. The van der Waals surface area contributed by atoms with Gasteiger partial charge in [-0.3, -0.25) is 5.10 Å². The predicted molar refractivity (Wildman–Crippen MR) is 140 cm³/mol. The molecule has 2 aromatic carbocycles. The molecule has 186 valence electrons. The van der Waals surface area contributed by atoms with Gasteiger partial charge in [0.15, 0.2) is 0 Å². The second kappa shape index (κ2) is 11.5. The molecule has 0 aliphatic rings. The first-order chi connectivity index (χ1) is 17.5. The highest BCUT2D eigenvalue weighted by Crippen LogP contribution is 2.30. The smallest absolute Gasteiger partial charge is 0.250 e. The molecule has 0 radical (unpaired) electrons. The zero-order valence-corrected chi connectivity index (χ0v) is 20.7. The number of benzene rings is 2. The molecule has 0 aliphatic heterocycles. The van der Waals surface area contributed by atoms with Crippen LogP contribution in [0.1, 0.15) is 19.4 Å². The molecule has 0 bridgehead atoms. The predicted octanol–water partition coefficient (Wildman–Crippen LogP) is 5.10. The monoisotopic (exact) mass is 509 g/mol. The molecule has 0 amide bonds. The molecular formula is C24H25ClFN9O. The van der Waals surface area contributed by atoms with E-state index >= 15 is 0 Å². The van der Waals surface area contributed by atoms with Gasteiger partial charge in [0.2, 0.25) is 17.8 Å². The van der Waals surface area contributed by atoms with Gasteiger partial charge in [0, 0.05) is 29.2 Å². The standard InChI is InChI=1S/C24H25ClFN9O/c1-4-35(5-2)24-31-22(29-19-12-17(25)8-11-20(19)36-3)30-23(32-24)34-28-14-16-13-27-33-21(16)15-6-9-18(26)10-7-15/h6-14H,4-5H2,1-3H3,(H,27,33)(H2,29,30,31,32,34)/b28-14-. The summed E-state index contributed by atoms with van der Waals surface area (Å²) >= 11 is 6.17. The molecule has 10 nitrogen and oxygen atoms in total. The molecule has 4 aromatic rings. The van der Waals surface area contributed by atoms with E-state index in [9.17, 15) is 4.39 Å². The summed E-state index contributed by atoms with van der Waals surface area (Å²) in [6.45, 7) is 5.45. The molecule has 0 fully saturated rings. The summed E-state index contributed by atoms with van der Waals surface area (Å²) in [5.74, 6) is 1.28. The van der Waals surface area contributed by atoms with Gasteiger partial charge in [-0.2, -0.15) is 25.2 Å². The number of methoxy groups -OCH3 is 1. The SMILES string of the molecule is CCN(CC)c1nc(N/N=C\c2cn[nH]c2-c2ccc(F)cc2)nc(Nc2cc(Cl)ccc2OC)n1. The Balaban J connectivity index is 1.60. The molecule has 2 heterocycles. The Labute approximate surface area is 212 Å². The normalized spacial score (nSPS) is 11.0. The fourth-order valence-electron chi connectivity index (χ4n) is 3.42. The Hall–Kier alpha value is -4.25. The minimum absolute atomic E-state index is 0.235. The number of nitrogens with zero attached hydrogens (tertiary/aromatic N) is 6. The number of halogens is 2. The van der Waals surface area contributed by atoms with Gasteiger partial charge in [-0.1, -0.05) is 11.6 Å². The molecule has 2 aromatic heterocycles. The van der Waals surface area contributed by atoms with E-state index in [2.05, 4.69) is 41.0 Å². The van der Waals surface area contributed by atoms with Crippen LogP contribution in [-0.4, -0.2) is 51.6 Å².